The average Bonchev–Trinajstić information content (AvgIpc) is 3.28. The van der Waals surface area contributed by atoms with Gasteiger partial charge in [0, 0.05) is 38.3 Å². The second-order valence-electron chi connectivity index (χ2n) is 7.62. The van der Waals surface area contributed by atoms with E-state index in [2.05, 4.69) is 10.2 Å². The van der Waals surface area contributed by atoms with Gasteiger partial charge in [0.15, 0.2) is 0 Å². The smallest absolute Gasteiger partial charge is 0.0951 e. The second kappa shape index (κ2) is 6.15. The Hall–Kier alpha value is -0.160. The molecule has 4 rings (SSSR count). The van der Waals surface area contributed by atoms with E-state index in [9.17, 15) is 0 Å². The van der Waals surface area contributed by atoms with Gasteiger partial charge in [-0.2, -0.15) is 0 Å². The van der Waals surface area contributed by atoms with Crippen molar-refractivity contribution >= 4 is 0 Å². The molecular weight excluding hydrogens is 264 g/mol. The zero-order valence-corrected chi connectivity index (χ0v) is 13.2. The lowest BCUT2D eigenvalue weighted by Crippen LogP contribution is -2.52. The van der Waals surface area contributed by atoms with E-state index in [0.29, 0.717) is 0 Å². The third kappa shape index (κ3) is 3.29. The summed E-state index contributed by atoms with van der Waals surface area (Å²) in [5.74, 6) is 0.859. The SMILES string of the molecule is C1CNCC(CN(C2CC2)C2CCOC3(CCOC3)C2)C1. The predicted molar refractivity (Wildman–Crippen MR) is 82.5 cm³/mol. The van der Waals surface area contributed by atoms with Gasteiger partial charge in [0.05, 0.1) is 12.2 Å². The number of piperidine rings is 1. The largest absolute Gasteiger partial charge is 0.378 e. The summed E-state index contributed by atoms with van der Waals surface area (Å²) >= 11 is 0. The molecule has 3 aliphatic heterocycles. The second-order valence-corrected chi connectivity index (χ2v) is 7.62. The molecule has 0 aromatic rings. The van der Waals surface area contributed by atoms with Crippen LogP contribution in [0, 0.1) is 5.92 Å². The van der Waals surface area contributed by atoms with Crippen LogP contribution in [0.1, 0.15) is 44.9 Å². The lowest BCUT2D eigenvalue weighted by atomic mass is 9.88. The summed E-state index contributed by atoms with van der Waals surface area (Å²) in [6.07, 6.45) is 9.12. The van der Waals surface area contributed by atoms with Crippen LogP contribution in [0.3, 0.4) is 0 Å². The number of rotatable bonds is 4. The Kier molecular flexibility index (Phi) is 4.23. The van der Waals surface area contributed by atoms with Crippen molar-refractivity contribution in [3.63, 3.8) is 0 Å². The van der Waals surface area contributed by atoms with Gasteiger partial charge < -0.3 is 14.8 Å². The van der Waals surface area contributed by atoms with E-state index < -0.39 is 0 Å². The minimum Gasteiger partial charge on any atom is -0.378 e. The van der Waals surface area contributed by atoms with Crippen molar-refractivity contribution < 1.29 is 9.47 Å². The Morgan fingerprint density at radius 1 is 1.10 bits per heavy atom. The molecule has 0 aromatic heterocycles. The third-order valence-corrected chi connectivity index (χ3v) is 5.89. The van der Waals surface area contributed by atoms with Gasteiger partial charge in [-0.25, -0.2) is 0 Å². The van der Waals surface area contributed by atoms with E-state index in [1.807, 2.05) is 0 Å². The van der Waals surface area contributed by atoms with Crippen LogP contribution in [0.15, 0.2) is 0 Å². The van der Waals surface area contributed by atoms with Crippen LogP contribution >= 0.6 is 0 Å². The first-order valence-electron chi connectivity index (χ1n) is 9.03. The molecule has 21 heavy (non-hydrogen) atoms. The van der Waals surface area contributed by atoms with Gasteiger partial charge in [-0.05, 0) is 57.5 Å². The fourth-order valence-corrected chi connectivity index (χ4v) is 4.53. The average molecular weight is 294 g/mol. The van der Waals surface area contributed by atoms with Gasteiger partial charge in [0.25, 0.3) is 0 Å². The van der Waals surface area contributed by atoms with Crippen molar-refractivity contribution in [2.24, 2.45) is 5.92 Å². The first-order valence-corrected chi connectivity index (χ1v) is 9.03. The van der Waals surface area contributed by atoms with Crippen LogP contribution in [-0.2, 0) is 9.47 Å². The van der Waals surface area contributed by atoms with Crippen LogP contribution in [0.2, 0.25) is 0 Å². The van der Waals surface area contributed by atoms with Crippen molar-refractivity contribution in [2.75, 3.05) is 39.5 Å². The van der Waals surface area contributed by atoms with Crippen molar-refractivity contribution in [1.82, 2.24) is 10.2 Å². The molecule has 3 unspecified atom stereocenters. The molecule has 3 saturated heterocycles. The van der Waals surface area contributed by atoms with E-state index in [4.69, 9.17) is 9.47 Å². The van der Waals surface area contributed by atoms with Gasteiger partial charge in [0.1, 0.15) is 0 Å². The Labute approximate surface area is 128 Å². The highest BCUT2D eigenvalue weighted by atomic mass is 16.6. The van der Waals surface area contributed by atoms with Crippen molar-refractivity contribution in [3.8, 4) is 0 Å². The minimum absolute atomic E-state index is 0.0564. The highest BCUT2D eigenvalue weighted by Gasteiger charge is 2.45. The fourth-order valence-electron chi connectivity index (χ4n) is 4.53. The summed E-state index contributed by atoms with van der Waals surface area (Å²) in [7, 11) is 0. The maximum Gasteiger partial charge on any atom is 0.0951 e. The van der Waals surface area contributed by atoms with Crippen molar-refractivity contribution in [1.29, 1.82) is 0 Å². The Balaban J connectivity index is 1.40. The lowest BCUT2D eigenvalue weighted by Gasteiger charge is -2.43. The van der Waals surface area contributed by atoms with Crippen molar-refractivity contribution in [3.05, 3.63) is 0 Å². The lowest BCUT2D eigenvalue weighted by molar-refractivity contribution is -0.109. The Bertz CT molecular complexity index is 347. The number of nitrogens with zero attached hydrogens (tertiary/aromatic N) is 1. The van der Waals surface area contributed by atoms with Crippen LogP contribution in [0.25, 0.3) is 0 Å². The van der Waals surface area contributed by atoms with E-state index in [-0.39, 0.29) is 5.60 Å². The van der Waals surface area contributed by atoms with Crippen LogP contribution < -0.4 is 5.32 Å². The predicted octanol–water partition coefficient (Wildman–Crippen LogP) is 1.79. The van der Waals surface area contributed by atoms with E-state index in [1.165, 1.54) is 58.2 Å². The Morgan fingerprint density at radius 2 is 2.05 bits per heavy atom. The fraction of sp³-hybridized carbons (Fsp3) is 1.00. The maximum absolute atomic E-state index is 6.13. The molecular formula is C17H30N2O2. The van der Waals surface area contributed by atoms with Gasteiger partial charge in [0.2, 0.25) is 0 Å². The molecule has 4 nitrogen and oxygen atoms in total. The van der Waals surface area contributed by atoms with Gasteiger partial charge in [-0.15, -0.1) is 0 Å². The highest BCUT2D eigenvalue weighted by Crippen LogP contribution is 2.39. The maximum atomic E-state index is 6.13. The standard InChI is InChI=1S/C17H30N2O2/c1-2-14(11-18-7-1)12-19(15-3-4-15)16-5-8-21-17(10-16)6-9-20-13-17/h14-16,18H,1-13H2. The van der Waals surface area contributed by atoms with Gasteiger partial charge in [-0.3, -0.25) is 4.90 Å². The molecule has 0 bridgehead atoms. The summed E-state index contributed by atoms with van der Waals surface area (Å²) in [6.45, 7) is 6.40. The summed E-state index contributed by atoms with van der Waals surface area (Å²) < 4.78 is 11.8. The molecule has 1 saturated carbocycles. The first-order chi connectivity index (χ1) is 10.3. The Morgan fingerprint density at radius 3 is 2.76 bits per heavy atom. The summed E-state index contributed by atoms with van der Waals surface area (Å²) in [5.41, 5.74) is 0.0564. The molecule has 0 aromatic carbocycles. The molecule has 1 spiro atoms. The summed E-state index contributed by atoms with van der Waals surface area (Å²) in [5, 5.41) is 3.58. The molecule has 3 heterocycles. The quantitative estimate of drug-likeness (QED) is 0.857. The summed E-state index contributed by atoms with van der Waals surface area (Å²) in [4.78, 5) is 2.86. The monoisotopic (exact) mass is 294 g/mol. The topological polar surface area (TPSA) is 33.7 Å². The molecule has 0 amide bonds. The van der Waals surface area contributed by atoms with E-state index in [0.717, 1.165) is 44.2 Å². The molecule has 0 radical (unpaired) electrons. The molecule has 1 aliphatic carbocycles. The molecule has 3 atom stereocenters. The zero-order chi connectivity index (χ0) is 14.1. The first kappa shape index (κ1) is 14.4. The van der Waals surface area contributed by atoms with E-state index >= 15 is 0 Å². The number of hydrogen-bond donors (Lipinski definition) is 1. The number of hydrogen-bond acceptors (Lipinski definition) is 4. The molecule has 4 aliphatic rings. The van der Waals surface area contributed by atoms with Crippen molar-refractivity contribution in [2.45, 2.75) is 62.6 Å². The molecule has 120 valence electrons. The van der Waals surface area contributed by atoms with Crippen LogP contribution in [0.4, 0.5) is 0 Å². The molecule has 4 fully saturated rings. The highest BCUT2D eigenvalue weighted by molar-refractivity contribution is 4.98. The van der Waals surface area contributed by atoms with Gasteiger partial charge >= 0.3 is 0 Å². The van der Waals surface area contributed by atoms with Crippen LogP contribution in [-0.4, -0.2) is 62.0 Å². The summed E-state index contributed by atoms with van der Waals surface area (Å²) in [6, 6.07) is 1.60. The third-order valence-electron chi connectivity index (χ3n) is 5.89. The molecule has 1 N–H and O–H groups in total. The van der Waals surface area contributed by atoms with E-state index in [1.54, 1.807) is 0 Å². The minimum atomic E-state index is 0.0564. The van der Waals surface area contributed by atoms with Gasteiger partial charge in [-0.1, -0.05) is 0 Å². The van der Waals surface area contributed by atoms with Crippen LogP contribution in [0.5, 0.6) is 0 Å². The number of nitrogens with one attached hydrogen (secondary N) is 1. The number of ether oxygens (including phenoxy) is 2. The molecule has 4 heteroatoms. The normalized spacial score (nSPS) is 41.0. The zero-order valence-electron chi connectivity index (χ0n) is 13.2.